The van der Waals surface area contributed by atoms with E-state index in [0.29, 0.717) is 11.5 Å². The van der Waals surface area contributed by atoms with Gasteiger partial charge >= 0.3 is 5.97 Å². The Kier molecular flexibility index (Phi) is 7.00. The Balaban J connectivity index is 1.27. The van der Waals surface area contributed by atoms with Crippen LogP contribution in [0, 0.1) is 0 Å². The van der Waals surface area contributed by atoms with Gasteiger partial charge < -0.3 is 9.84 Å². The third-order valence-corrected chi connectivity index (χ3v) is 6.35. The third kappa shape index (κ3) is 5.52. The summed E-state index contributed by atoms with van der Waals surface area (Å²) in [6.07, 6.45) is 3.65. The molecule has 3 aromatic rings. The highest BCUT2D eigenvalue weighted by atomic mass is 16.5. The van der Waals surface area contributed by atoms with Crippen LogP contribution in [0.2, 0.25) is 0 Å². The molecule has 0 spiro atoms. The van der Waals surface area contributed by atoms with Crippen molar-refractivity contribution in [2.75, 3.05) is 19.7 Å². The van der Waals surface area contributed by atoms with Gasteiger partial charge in [0.1, 0.15) is 0 Å². The predicted molar refractivity (Wildman–Crippen MR) is 125 cm³/mol. The molecular formula is C27H31NO3. The first-order chi connectivity index (χ1) is 15.1. The molecule has 4 nitrogen and oxygen atoms in total. The molecule has 4 rings (SSSR count). The number of carboxylic acid groups (broad SMARTS) is 1. The van der Waals surface area contributed by atoms with Gasteiger partial charge in [-0.15, -0.1) is 0 Å². The molecule has 1 aliphatic heterocycles. The summed E-state index contributed by atoms with van der Waals surface area (Å²) in [6, 6.07) is 22.5. The van der Waals surface area contributed by atoms with Gasteiger partial charge in [-0.1, -0.05) is 67.9 Å². The number of hydrogen-bond donors (Lipinski definition) is 1. The summed E-state index contributed by atoms with van der Waals surface area (Å²) >= 11 is 0. The molecule has 1 saturated heterocycles. The van der Waals surface area contributed by atoms with Gasteiger partial charge in [-0.25, -0.2) is 4.79 Å². The Labute approximate surface area is 184 Å². The molecule has 0 radical (unpaired) electrons. The molecule has 1 N–H and O–H groups in total. The third-order valence-electron chi connectivity index (χ3n) is 6.35. The summed E-state index contributed by atoms with van der Waals surface area (Å²) < 4.78 is 6.03. The van der Waals surface area contributed by atoms with Crippen LogP contribution < -0.4 is 0 Å². The first kappa shape index (κ1) is 21.5. The van der Waals surface area contributed by atoms with E-state index in [2.05, 4.69) is 54.3 Å². The van der Waals surface area contributed by atoms with E-state index < -0.39 is 5.97 Å². The maximum Gasteiger partial charge on any atom is 0.335 e. The number of rotatable bonds is 8. The highest BCUT2D eigenvalue weighted by molar-refractivity contribution is 5.87. The number of nitrogens with zero attached hydrogens (tertiary/aromatic N) is 1. The van der Waals surface area contributed by atoms with Crippen LogP contribution in [-0.4, -0.2) is 41.8 Å². The van der Waals surface area contributed by atoms with E-state index in [1.165, 1.54) is 16.3 Å². The van der Waals surface area contributed by atoms with E-state index in [9.17, 15) is 4.79 Å². The summed E-state index contributed by atoms with van der Waals surface area (Å²) in [5, 5.41) is 11.7. The first-order valence-corrected chi connectivity index (χ1v) is 11.2. The fourth-order valence-electron chi connectivity index (χ4n) is 4.60. The number of fused-ring (bicyclic) bond motifs is 1. The molecule has 1 aliphatic rings. The average Bonchev–Trinajstić information content (AvgIpc) is 2.79. The summed E-state index contributed by atoms with van der Waals surface area (Å²) in [6.45, 7) is 5.78. The second-order valence-corrected chi connectivity index (χ2v) is 8.63. The Bertz CT molecular complexity index is 1010. The summed E-state index contributed by atoms with van der Waals surface area (Å²) in [4.78, 5) is 13.4. The number of morpholine rings is 1. The van der Waals surface area contributed by atoms with Crippen LogP contribution in [0.1, 0.15) is 53.6 Å². The van der Waals surface area contributed by atoms with Gasteiger partial charge in [-0.05, 0) is 52.8 Å². The standard InChI is InChI=1S/C27H31NO3/c1-20(25-11-5-8-22-7-2-3-10-26(22)25)6-4-9-24-19-28(16-17-31-24)18-21-12-14-23(15-13-21)27(29)30/h2-3,5,7-8,10-15,20,24H,4,6,9,16-19H2,1H3,(H,29,30)/t20-,24?/m0/s1. The van der Waals surface area contributed by atoms with Gasteiger partial charge in [-0.3, -0.25) is 4.90 Å². The predicted octanol–water partition coefficient (Wildman–Crippen LogP) is 5.71. The van der Waals surface area contributed by atoms with Gasteiger partial charge in [0, 0.05) is 19.6 Å². The number of hydrogen-bond acceptors (Lipinski definition) is 3. The molecule has 0 aromatic heterocycles. The Morgan fingerprint density at radius 1 is 1.10 bits per heavy atom. The largest absolute Gasteiger partial charge is 0.478 e. The van der Waals surface area contributed by atoms with E-state index in [1.807, 2.05) is 12.1 Å². The van der Waals surface area contributed by atoms with E-state index in [0.717, 1.165) is 51.1 Å². The maximum absolute atomic E-state index is 11.0. The lowest BCUT2D eigenvalue weighted by Gasteiger charge is -2.33. The Morgan fingerprint density at radius 2 is 1.87 bits per heavy atom. The average molecular weight is 418 g/mol. The number of aromatic carboxylic acids is 1. The van der Waals surface area contributed by atoms with Crippen molar-refractivity contribution in [3.05, 3.63) is 83.4 Å². The van der Waals surface area contributed by atoms with Crippen LogP contribution in [0.5, 0.6) is 0 Å². The van der Waals surface area contributed by atoms with Gasteiger partial charge in [0.05, 0.1) is 18.3 Å². The topological polar surface area (TPSA) is 49.8 Å². The van der Waals surface area contributed by atoms with Crippen LogP contribution in [0.3, 0.4) is 0 Å². The van der Waals surface area contributed by atoms with Crippen molar-refractivity contribution in [1.29, 1.82) is 0 Å². The Hall–Kier alpha value is -2.69. The number of carboxylic acids is 1. The van der Waals surface area contributed by atoms with Crippen molar-refractivity contribution in [2.24, 2.45) is 0 Å². The normalized spacial score (nSPS) is 18.2. The van der Waals surface area contributed by atoms with Crippen molar-refractivity contribution in [1.82, 2.24) is 4.90 Å². The monoisotopic (exact) mass is 417 g/mol. The lowest BCUT2D eigenvalue weighted by Crippen LogP contribution is -2.41. The minimum Gasteiger partial charge on any atom is -0.478 e. The van der Waals surface area contributed by atoms with Crippen molar-refractivity contribution in [3.63, 3.8) is 0 Å². The van der Waals surface area contributed by atoms with Crippen molar-refractivity contribution in [2.45, 2.75) is 44.8 Å². The van der Waals surface area contributed by atoms with Crippen LogP contribution in [-0.2, 0) is 11.3 Å². The number of carbonyl (C=O) groups is 1. The molecule has 1 heterocycles. The van der Waals surface area contributed by atoms with E-state index in [-0.39, 0.29) is 6.10 Å². The molecule has 1 unspecified atom stereocenters. The second kappa shape index (κ2) is 10.1. The second-order valence-electron chi connectivity index (χ2n) is 8.63. The fourth-order valence-corrected chi connectivity index (χ4v) is 4.60. The summed E-state index contributed by atoms with van der Waals surface area (Å²) in [5.74, 6) is -0.353. The molecule has 0 amide bonds. The molecule has 3 aromatic carbocycles. The molecule has 0 aliphatic carbocycles. The zero-order valence-corrected chi connectivity index (χ0v) is 18.2. The van der Waals surface area contributed by atoms with Crippen molar-refractivity contribution < 1.29 is 14.6 Å². The smallest absolute Gasteiger partial charge is 0.335 e. The van der Waals surface area contributed by atoms with Gasteiger partial charge in [0.15, 0.2) is 0 Å². The quantitative estimate of drug-likeness (QED) is 0.510. The number of ether oxygens (including phenoxy) is 1. The van der Waals surface area contributed by atoms with Gasteiger partial charge in [-0.2, -0.15) is 0 Å². The molecular weight excluding hydrogens is 386 g/mol. The molecule has 1 fully saturated rings. The van der Waals surface area contributed by atoms with Crippen LogP contribution in [0.15, 0.2) is 66.7 Å². The van der Waals surface area contributed by atoms with Crippen LogP contribution in [0.25, 0.3) is 10.8 Å². The molecule has 2 atom stereocenters. The first-order valence-electron chi connectivity index (χ1n) is 11.2. The zero-order valence-electron chi connectivity index (χ0n) is 18.2. The van der Waals surface area contributed by atoms with E-state index in [1.54, 1.807) is 12.1 Å². The number of benzene rings is 3. The summed E-state index contributed by atoms with van der Waals surface area (Å²) in [7, 11) is 0. The molecule has 162 valence electrons. The molecule has 31 heavy (non-hydrogen) atoms. The lowest BCUT2D eigenvalue weighted by molar-refractivity contribution is -0.0358. The van der Waals surface area contributed by atoms with E-state index in [4.69, 9.17) is 9.84 Å². The van der Waals surface area contributed by atoms with Gasteiger partial charge in [0.25, 0.3) is 0 Å². The molecule has 0 saturated carbocycles. The van der Waals surface area contributed by atoms with Crippen LogP contribution >= 0.6 is 0 Å². The van der Waals surface area contributed by atoms with Crippen LogP contribution in [0.4, 0.5) is 0 Å². The highest BCUT2D eigenvalue weighted by Gasteiger charge is 2.21. The Morgan fingerprint density at radius 3 is 2.68 bits per heavy atom. The highest BCUT2D eigenvalue weighted by Crippen LogP contribution is 2.29. The van der Waals surface area contributed by atoms with Crippen molar-refractivity contribution >= 4 is 16.7 Å². The van der Waals surface area contributed by atoms with E-state index >= 15 is 0 Å². The minimum atomic E-state index is -0.879. The SMILES string of the molecule is C[C@@H](CCCC1CN(Cc2ccc(C(=O)O)cc2)CCO1)c1cccc2ccccc12. The van der Waals surface area contributed by atoms with Crippen molar-refractivity contribution in [3.8, 4) is 0 Å². The zero-order chi connectivity index (χ0) is 21.6. The summed E-state index contributed by atoms with van der Waals surface area (Å²) in [5.41, 5.74) is 2.92. The fraction of sp³-hybridized carbons (Fsp3) is 0.370. The molecule has 0 bridgehead atoms. The van der Waals surface area contributed by atoms with Gasteiger partial charge in [0.2, 0.25) is 0 Å². The minimum absolute atomic E-state index is 0.270. The lowest BCUT2D eigenvalue weighted by atomic mass is 9.90. The maximum atomic E-state index is 11.0. The molecule has 4 heteroatoms.